The van der Waals surface area contributed by atoms with Gasteiger partial charge in [-0.25, -0.2) is 4.39 Å². The molecule has 1 saturated heterocycles. The minimum Gasteiger partial charge on any atom is -0.313 e. The Kier molecular flexibility index (Phi) is 1.28. The molecule has 0 bridgehead atoms. The van der Waals surface area contributed by atoms with Gasteiger partial charge in [-0.2, -0.15) is 0 Å². The van der Waals surface area contributed by atoms with Crippen LogP contribution in [-0.4, -0.2) is 18.8 Å². The number of hydrogen-bond acceptors (Lipinski definition) is 1. The molecule has 2 aliphatic rings. The maximum Gasteiger partial charge on any atom is 0.124 e. The molecule has 2 atom stereocenters. The summed E-state index contributed by atoms with van der Waals surface area (Å²) in [6.45, 7) is 3.20. The lowest BCUT2D eigenvalue weighted by Gasteiger charge is -2.20. The molecule has 2 rings (SSSR count). The quantitative estimate of drug-likeness (QED) is 0.584. The third-order valence-electron chi connectivity index (χ3n) is 2.80. The lowest BCUT2D eigenvalue weighted by molar-refractivity contribution is 0.138. The fraction of sp³-hybridized carbons (Fsp3) is 1.00. The summed E-state index contributed by atoms with van der Waals surface area (Å²) in [7, 11) is 0. The van der Waals surface area contributed by atoms with Crippen molar-refractivity contribution in [2.45, 2.75) is 25.4 Å². The van der Waals surface area contributed by atoms with Crippen molar-refractivity contribution in [3.8, 4) is 0 Å². The van der Waals surface area contributed by atoms with Gasteiger partial charge in [0.25, 0.3) is 0 Å². The normalized spacial score (nSPS) is 48.0. The minimum absolute atomic E-state index is 0.312. The van der Waals surface area contributed by atoms with Crippen molar-refractivity contribution in [2.24, 2.45) is 11.8 Å². The Morgan fingerprint density at radius 1 is 1.50 bits per heavy atom. The lowest BCUT2D eigenvalue weighted by atomic mass is 9.90. The van der Waals surface area contributed by atoms with E-state index in [2.05, 4.69) is 5.32 Å². The van der Waals surface area contributed by atoms with Crippen LogP contribution in [0.3, 0.4) is 0 Å². The highest BCUT2D eigenvalue weighted by Crippen LogP contribution is 2.44. The van der Waals surface area contributed by atoms with Crippen LogP contribution >= 0.6 is 0 Å². The molecule has 1 saturated carbocycles. The van der Waals surface area contributed by atoms with E-state index in [1.807, 2.05) is 0 Å². The lowest BCUT2D eigenvalue weighted by Crippen LogP contribution is -2.29. The average molecular weight is 143 g/mol. The summed E-state index contributed by atoms with van der Waals surface area (Å²) in [5.41, 5.74) is -0.916. The highest BCUT2D eigenvalue weighted by atomic mass is 19.1. The van der Waals surface area contributed by atoms with Gasteiger partial charge in [0.05, 0.1) is 0 Å². The molecule has 1 heterocycles. The molecule has 0 aromatic rings. The first-order valence-corrected chi connectivity index (χ1v) is 4.10. The third kappa shape index (κ3) is 0.947. The highest BCUT2D eigenvalue weighted by Gasteiger charge is 2.47. The van der Waals surface area contributed by atoms with Crippen LogP contribution in [0, 0.1) is 11.8 Å². The second-order valence-corrected chi connectivity index (χ2v) is 3.85. The van der Waals surface area contributed by atoms with Gasteiger partial charge in [0, 0.05) is 19.0 Å². The molecule has 2 heteroatoms. The second-order valence-electron chi connectivity index (χ2n) is 3.85. The minimum atomic E-state index is -0.916. The molecule has 1 aliphatic heterocycles. The van der Waals surface area contributed by atoms with Crippen LogP contribution in [0.25, 0.3) is 0 Å². The van der Waals surface area contributed by atoms with Crippen molar-refractivity contribution in [2.75, 3.05) is 13.1 Å². The Morgan fingerprint density at radius 3 is 2.60 bits per heavy atom. The van der Waals surface area contributed by atoms with E-state index in [1.54, 1.807) is 6.92 Å². The topological polar surface area (TPSA) is 12.0 Å². The summed E-state index contributed by atoms with van der Waals surface area (Å²) < 4.78 is 13.5. The van der Waals surface area contributed by atoms with Crippen LogP contribution < -0.4 is 5.32 Å². The summed E-state index contributed by atoms with van der Waals surface area (Å²) >= 11 is 0. The van der Waals surface area contributed by atoms with E-state index in [0.29, 0.717) is 18.4 Å². The van der Waals surface area contributed by atoms with Crippen LogP contribution in [0.1, 0.15) is 19.8 Å². The van der Waals surface area contributed by atoms with E-state index in [-0.39, 0.29) is 0 Å². The van der Waals surface area contributed by atoms with Crippen molar-refractivity contribution >= 4 is 0 Å². The molecule has 2 unspecified atom stereocenters. The van der Waals surface area contributed by atoms with Crippen LogP contribution in [-0.2, 0) is 0 Å². The van der Waals surface area contributed by atoms with E-state index in [0.717, 1.165) is 6.54 Å². The zero-order chi connectivity index (χ0) is 7.19. The fourth-order valence-corrected chi connectivity index (χ4v) is 1.97. The van der Waals surface area contributed by atoms with Crippen LogP contribution in [0.4, 0.5) is 4.39 Å². The van der Waals surface area contributed by atoms with Crippen molar-refractivity contribution in [1.82, 2.24) is 5.32 Å². The number of rotatable bonds is 1. The molecule has 10 heavy (non-hydrogen) atoms. The van der Waals surface area contributed by atoms with E-state index < -0.39 is 5.67 Å². The van der Waals surface area contributed by atoms with Gasteiger partial charge in [-0.3, -0.25) is 0 Å². The summed E-state index contributed by atoms with van der Waals surface area (Å²) in [6, 6.07) is 0. The maximum absolute atomic E-state index is 13.5. The Hall–Kier alpha value is -0.110. The summed E-state index contributed by atoms with van der Waals surface area (Å²) in [5, 5.41) is 3.11. The Morgan fingerprint density at radius 2 is 2.20 bits per heavy atom. The molecule has 58 valence electrons. The first-order valence-electron chi connectivity index (χ1n) is 4.10. The zero-order valence-corrected chi connectivity index (χ0v) is 6.36. The first-order chi connectivity index (χ1) is 4.70. The molecule has 1 aliphatic carbocycles. The molecule has 1 nitrogen and oxygen atoms in total. The van der Waals surface area contributed by atoms with E-state index in [4.69, 9.17) is 0 Å². The maximum atomic E-state index is 13.5. The number of nitrogens with one attached hydrogen (secondary N) is 1. The molecule has 0 aromatic carbocycles. The van der Waals surface area contributed by atoms with Crippen molar-refractivity contribution < 1.29 is 4.39 Å². The van der Waals surface area contributed by atoms with Gasteiger partial charge in [-0.05, 0) is 25.7 Å². The molecular weight excluding hydrogens is 129 g/mol. The molecule has 0 radical (unpaired) electrons. The monoisotopic (exact) mass is 143 g/mol. The van der Waals surface area contributed by atoms with E-state index in [9.17, 15) is 4.39 Å². The highest BCUT2D eigenvalue weighted by molar-refractivity contribution is 4.99. The predicted molar refractivity (Wildman–Crippen MR) is 38.6 cm³/mol. The van der Waals surface area contributed by atoms with Crippen LogP contribution in [0.5, 0.6) is 0 Å². The van der Waals surface area contributed by atoms with Gasteiger partial charge in [0.15, 0.2) is 0 Å². The Balaban J connectivity index is 2.05. The second kappa shape index (κ2) is 1.94. The van der Waals surface area contributed by atoms with Crippen LogP contribution in [0.2, 0.25) is 0 Å². The van der Waals surface area contributed by atoms with Crippen LogP contribution in [0.15, 0.2) is 0 Å². The van der Waals surface area contributed by atoms with Gasteiger partial charge < -0.3 is 5.32 Å². The van der Waals surface area contributed by atoms with Gasteiger partial charge in [0.1, 0.15) is 5.67 Å². The molecule has 0 spiro atoms. The van der Waals surface area contributed by atoms with Crippen molar-refractivity contribution in [3.05, 3.63) is 0 Å². The molecule has 0 amide bonds. The van der Waals surface area contributed by atoms with Gasteiger partial charge in [0.2, 0.25) is 0 Å². The molecular formula is C8H14FN. The number of halogens is 1. The standard InChI is InChI=1S/C8H14FN/c1-8(9)5-10-4-7(8)6-2-3-6/h6-7,10H,2-5H2,1H3. The number of hydrogen-bond donors (Lipinski definition) is 1. The summed E-state index contributed by atoms with van der Waals surface area (Å²) in [5.74, 6) is 1.01. The summed E-state index contributed by atoms with van der Waals surface area (Å²) in [6.07, 6.45) is 2.51. The first kappa shape index (κ1) is 6.59. The number of alkyl halides is 1. The van der Waals surface area contributed by atoms with E-state index in [1.165, 1.54) is 12.8 Å². The Bertz CT molecular complexity index is 140. The SMILES string of the molecule is CC1(F)CNCC1C1CC1. The largest absolute Gasteiger partial charge is 0.313 e. The summed E-state index contributed by atoms with van der Waals surface area (Å²) in [4.78, 5) is 0. The Labute approximate surface area is 61.0 Å². The van der Waals surface area contributed by atoms with Gasteiger partial charge >= 0.3 is 0 Å². The predicted octanol–water partition coefficient (Wildman–Crippen LogP) is 1.34. The molecule has 1 N–H and O–H groups in total. The third-order valence-corrected chi connectivity index (χ3v) is 2.80. The smallest absolute Gasteiger partial charge is 0.124 e. The fourth-order valence-electron chi connectivity index (χ4n) is 1.97. The zero-order valence-electron chi connectivity index (χ0n) is 6.36. The molecule has 0 aromatic heterocycles. The average Bonchev–Trinajstić information content (AvgIpc) is 2.58. The van der Waals surface area contributed by atoms with Crippen molar-refractivity contribution in [1.29, 1.82) is 0 Å². The van der Waals surface area contributed by atoms with Crippen molar-refractivity contribution in [3.63, 3.8) is 0 Å². The van der Waals surface area contributed by atoms with Gasteiger partial charge in [-0.15, -0.1) is 0 Å². The van der Waals surface area contributed by atoms with Gasteiger partial charge in [-0.1, -0.05) is 0 Å². The molecule has 2 fully saturated rings. The van der Waals surface area contributed by atoms with E-state index >= 15 is 0 Å².